The molecule has 0 bridgehead atoms. The number of fused-ring (bicyclic) bond motifs is 4. The predicted molar refractivity (Wildman–Crippen MR) is 190 cm³/mol. The molecule has 1 unspecified atom stereocenters. The summed E-state index contributed by atoms with van der Waals surface area (Å²) in [5.74, 6) is 1.97. The highest BCUT2D eigenvalue weighted by Crippen LogP contribution is 2.89. The molecule has 0 radical (unpaired) electrons. The molecule has 2 N–H and O–H groups in total. The average molecular weight is 701 g/mol. The molecule has 50 heavy (non-hydrogen) atoms. The van der Waals surface area contributed by atoms with Gasteiger partial charge in [-0.15, -0.1) is 0 Å². The molecular formula is C41H68N2O7. The number of nitrogens with zero attached hydrogens (tertiary/aromatic N) is 2. The molecule has 2 spiro atoms. The van der Waals surface area contributed by atoms with Crippen LogP contribution >= 0.6 is 0 Å². The fraction of sp³-hybridized carbons (Fsp3) is 0.976. The second-order valence-corrected chi connectivity index (χ2v) is 20.0. The first kappa shape index (κ1) is 36.2. The van der Waals surface area contributed by atoms with E-state index >= 15 is 0 Å². The lowest BCUT2D eigenvalue weighted by Crippen LogP contribution is -2.60. The molecule has 5 saturated carbocycles. The van der Waals surface area contributed by atoms with Crippen LogP contribution in [0.3, 0.4) is 0 Å². The molecular weight excluding hydrogens is 632 g/mol. The number of aliphatic hydroxyl groups excluding tert-OH is 1. The van der Waals surface area contributed by atoms with Crippen LogP contribution in [-0.4, -0.2) is 114 Å². The van der Waals surface area contributed by atoms with Gasteiger partial charge in [-0.3, -0.25) is 9.69 Å². The SMILES string of the molecule is CCO[C@@H]([C@H]1C[C@@H](C)[C@H]2[C@H](O1)[C@H](O)[C@@]1(C)[C@@H]3CC[C@H]4C(C)(C)[C@@H](O[C@H]5CN(CC(=O)N6CCC6)CCO5)CCC45C[C@@]35CC[C@]21C)C(C)(C)O. The summed E-state index contributed by atoms with van der Waals surface area (Å²) in [5, 5.41) is 23.7. The third kappa shape index (κ3) is 4.98. The number of ether oxygens (including phenoxy) is 4. The lowest BCUT2D eigenvalue weighted by molar-refractivity contribution is -0.248. The molecule has 0 aromatic heterocycles. The number of amides is 1. The molecule has 8 aliphatic rings. The van der Waals surface area contributed by atoms with Crippen molar-refractivity contribution >= 4 is 5.91 Å². The lowest BCUT2D eigenvalue weighted by Gasteiger charge is -2.64. The molecule has 8 fully saturated rings. The van der Waals surface area contributed by atoms with Gasteiger partial charge in [0.25, 0.3) is 0 Å². The second-order valence-electron chi connectivity index (χ2n) is 20.0. The number of aliphatic hydroxyl groups is 2. The van der Waals surface area contributed by atoms with Gasteiger partial charge in [0, 0.05) is 31.7 Å². The Balaban J connectivity index is 0.991. The normalized spacial score (nSPS) is 50.2. The summed E-state index contributed by atoms with van der Waals surface area (Å²) in [6, 6.07) is 0. The van der Waals surface area contributed by atoms with E-state index in [4.69, 9.17) is 18.9 Å². The number of carbonyl (C=O) groups excluding carboxylic acids is 1. The Morgan fingerprint density at radius 1 is 1.02 bits per heavy atom. The monoisotopic (exact) mass is 701 g/mol. The van der Waals surface area contributed by atoms with E-state index in [2.05, 4.69) is 39.5 Å². The predicted octanol–water partition coefficient (Wildman–Crippen LogP) is 5.25. The molecule has 3 heterocycles. The number of hydrogen-bond acceptors (Lipinski definition) is 8. The first-order valence-electron chi connectivity index (χ1n) is 20.5. The fourth-order valence-electron chi connectivity index (χ4n) is 14.6. The van der Waals surface area contributed by atoms with E-state index in [-0.39, 0.29) is 52.2 Å². The number of hydrogen-bond donors (Lipinski definition) is 2. The van der Waals surface area contributed by atoms with Crippen molar-refractivity contribution < 1.29 is 34.0 Å². The molecule has 9 heteroatoms. The summed E-state index contributed by atoms with van der Waals surface area (Å²) in [6.45, 7) is 22.7. The Bertz CT molecular complexity index is 1320. The van der Waals surface area contributed by atoms with Gasteiger partial charge in [0.1, 0.15) is 6.10 Å². The van der Waals surface area contributed by atoms with Crippen molar-refractivity contribution in [1.82, 2.24) is 9.80 Å². The minimum Gasteiger partial charge on any atom is -0.390 e. The van der Waals surface area contributed by atoms with Crippen LogP contribution in [0.5, 0.6) is 0 Å². The zero-order valence-electron chi connectivity index (χ0n) is 32.4. The van der Waals surface area contributed by atoms with Crippen molar-refractivity contribution in [3.05, 3.63) is 0 Å². The van der Waals surface area contributed by atoms with Crippen molar-refractivity contribution in [1.29, 1.82) is 0 Å². The second kappa shape index (κ2) is 12.1. The number of rotatable bonds is 8. The van der Waals surface area contributed by atoms with Gasteiger partial charge in [-0.1, -0.05) is 34.6 Å². The van der Waals surface area contributed by atoms with E-state index in [0.29, 0.717) is 55.4 Å². The topological polar surface area (TPSA) is 101 Å². The summed E-state index contributed by atoms with van der Waals surface area (Å²) in [7, 11) is 0. The fourth-order valence-corrected chi connectivity index (χ4v) is 14.6. The van der Waals surface area contributed by atoms with Gasteiger partial charge in [0.2, 0.25) is 5.91 Å². The van der Waals surface area contributed by atoms with E-state index in [1.165, 1.54) is 25.7 Å². The first-order chi connectivity index (χ1) is 23.5. The third-order valence-electron chi connectivity index (χ3n) is 17.1. The zero-order chi connectivity index (χ0) is 35.6. The van der Waals surface area contributed by atoms with Gasteiger partial charge in [-0.05, 0) is 124 Å². The molecule has 0 aromatic rings. The van der Waals surface area contributed by atoms with E-state index in [1.807, 2.05) is 25.7 Å². The van der Waals surface area contributed by atoms with Crippen LogP contribution in [0.1, 0.15) is 113 Å². The van der Waals surface area contributed by atoms with Crippen molar-refractivity contribution in [2.75, 3.05) is 45.9 Å². The molecule has 5 aliphatic carbocycles. The van der Waals surface area contributed by atoms with Crippen molar-refractivity contribution in [3.8, 4) is 0 Å². The molecule has 9 nitrogen and oxygen atoms in total. The first-order valence-corrected chi connectivity index (χ1v) is 20.5. The maximum atomic E-state index is 12.7. The minimum atomic E-state index is -1.02. The van der Waals surface area contributed by atoms with Gasteiger partial charge in [0.15, 0.2) is 6.29 Å². The van der Waals surface area contributed by atoms with Crippen molar-refractivity contribution in [2.45, 2.75) is 156 Å². The summed E-state index contributed by atoms with van der Waals surface area (Å²) < 4.78 is 26.2. The largest absolute Gasteiger partial charge is 0.390 e. The summed E-state index contributed by atoms with van der Waals surface area (Å²) in [4.78, 5) is 16.9. The van der Waals surface area contributed by atoms with Gasteiger partial charge in [0.05, 0.1) is 49.7 Å². The Kier molecular flexibility index (Phi) is 8.75. The van der Waals surface area contributed by atoms with Gasteiger partial charge < -0.3 is 34.1 Å². The molecule has 3 saturated heterocycles. The van der Waals surface area contributed by atoms with Crippen LogP contribution < -0.4 is 0 Å². The Morgan fingerprint density at radius 3 is 2.42 bits per heavy atom. The Hall–Kier alpha value is -0.810. The highest BCUT2D eigenvalue weighted by atomic mass is 16.7. The minimum absolute atomic E-state index is 0.000896. The van der Waals surface area contributed by atoms with Gasteiger partial charge >= 0.3 is 0 Å². The molecule has 0 aromatic carbocycles. The average Bonchev–Trinajstić information content (AvgIpc) is 3.64. The number of carbonyl (C=O) groups is 1. The van der Waals surface area contributed by atoms with Crippen LogP contribution in [-0.2, 0) is 23.7 Å². The van der Waals surface area contributed by atoms with E-state index in [1.54, 1.807) is 0 Å². The van der Waals surface area contributed by atoms with Crippen molar-refractivity contribution in [3.63, 3.8) is 0 Å². The number of morpholine rings is 1. The van der Waals surface area contributed by atoms with Crippen LogP contribution in [0.2, 0.25) is 0 Å². The summed E-state index contributed by atoms with van der Waals surface area (Å²) in [6.07, 6.45) is 8.66. The van der Waals surface area contributed by atoms with E-state index in [9.17, 15) is 15.0 Å². The van der Waals surface area contributed by atoms with Crippen LogP contribution in [0.4, 0.5) is 0 Å². The highest BCUT2D eigenvalue weighted by Gasteiger charge is 2.84. The summed E-state index contributed by atoms with van der Waals surface area (Å²) >= 11 is 0. The van der Waals surface area contributed by atoms with Crippen molar-refractivity contribution in [2.24, 2.45) is 50.7 Å². The molecule has 3 aliphatic heterocycles. The smallest absolute Gasteiger partial charge is 0.236 e. The van der Waals surface area contributed by atoms with E-state index in [0.717, 1.165) is 51.7 Å². The van der Waals surface area contributed by atoms with E-state index < -0.39 is 17.8 Å². The van der Waals surface area contributed by atoms with Gasteiger partial charge in [-0.25, -0.2) is 0 Å². The highest BCUT2D eigenvalue weighted by molar-refractivity contribution is 5.78. The van der Waals surface area contributed by atoms with Crippen LogP contribution in [0, 0.1) is 50.7 Å². The molecule has 1 amide bonds. The Labute approximate surface area is 301 Å². The standard InChI is InChI=1S/C41H68N2O7/c1-9-47-35(37(5,6)46)26-21-25(2)32-33(49-26)34(45)39(8)28-12-11-27-36(3,4)29(13-14-40(27)24-41(28,40)16-15-38(32,39)7)50-31-23-42(19-20-48-31)22-30(44)43-17-10-18-43/h25-29,31-35,45-46H,9-24H2,1-8H3/t25-,26-,27+,28+,29+,31+,32+,33+,34+,35+,38-,39-,40?,41+/m1/s1. The maximum absolute atomic E-state index is 12.7. The maximum Gasteiger partial charge on any atom is 0.236 e. The molecule has 8 rings (SSSR count). The lowest BCUT2D eigenvalue weighted by atomic mass is 9.41. The molecule has 284 valence electrons. The summed E-state index contributed by atoms with van der Waals surface area (Å²) in [5.41, 5.74) is -0.633. The van der Waals surface area contributed by atoms with Gasteiger partial charge in [-0.2, -0.15) is 0 Å². The molecule has 14 atom stereocenters. The number of likely N-dealkylation sites (tertiary alicyclic amines) is 1. The Morgan fingerprint density at radius 2 is 1.74 bits per heavy atom. The van der Waals surface area contributed by atoms with Crippen LogP contribution in [0.15, 0.2) is 0 Å². The quantitative estimate of drug-likeness (QED) is 0.354. The third-order valence-corrected chi connectivity index (χ3v) is 17.1. The zero-order valence-corrected chi connectivity index (χ0v) is 32.4. The van der Waals surface area contributed by atoms with Crippen LogP contribution in [0.25, 0.3) is 0 Å².